The number of carbonyl (C=O) groups excluding carboxylic acids is 1. The maximum atomic E-state index is 12.4. The van der Waals surface area contributed by atoms with E-state index in [9.17, 15) is 18.0 Å². The molecule has 0 aliphatic carbocycles. The van der Waals surface area contributed by atoms with Gasteiger partial charge in [-0.2, -0.15) is 18.4 Å². The molecule has 1 saturated heterocycles. The van der Waals surface area contributed by atoms with E-state index >= 15 is 0 Å². The van der Waals surface area contributed by atoms with Crippen molar-refractivity contribution in [2.75, 3.05) is 6.54 Å². The Balaban J connectivity index is 2.19. The summed E-state index contributed by atoms with van der Waals surface area (Å²) in [5, 5.41) is 8.87. The second-order valence-electron chi connectivity index (χ2n) is 4.22. The van der Waals surface area contributed by atoms with E-state index in [1.807, 2.05) is 6.07 Å². The Labute approximate surface area is 107 Å². The Kier molecular flexibility index (Phi) is 3.42. The number of alkyl halides is 3. The number of likely N-dealkylation sites (tertiary alicyclic amines) is 1. The van der Waals surface area contributed by atoms with Crippen molar-refractivity contribution in [3.05, 3.63) is 29.6 Å². The Morgan fingerprint density at radius 1 is 1.47 bits per heavy atom. The third-order valence-corrected chi connectivity index (χ3v) is 2.97. The molecule has 1 fully saturated rings. The van der Waals surface area contributed by atoms with E-state index in [0.717, 1.165) is 12.1 Å². The molecule has 1 unspecified atom stereocenters. The summed E-state index contributed by atoms with van der Waals surface area (Å²) in [6.45, 7) is 0.430. The topological polar surface area (TPSA) is 57.0 Å². The molecule has 0 bridgehead atoms. The van der Waals surface area contributed by atoms with Gasteiger partial charge in [0.1, 0.15) is 11.7 Å². The monoisotopic (exact) mass is 269 g/mol. The number of pyridine rings is 1. The largest absolute Gasteiger partial charge is 0.417 e. The summed E-state index contributed by atoms with van der Waals surface area (Å²) in [6.07, 6.45) is -2.55. The van der Waals surface area contributed by atoms with Gasteiger partial charge in [0.15, 0.2) is 0 Å². The summed E-state index contributed by atoms with van der Waals surface area (Å²) in [5.41, 5.74) is -0.975. The van der Waals surface area contributed by atoms with Crippen LogP contribution in [-0.2, 0) is 6.18 Å². The highest BCUT2D eigenvalue weighted by Gasteiger charge is 2.33. The first-order valence-corrected chi connectivity index (χ1v) is 5.67. The SMILES string of the molecule is N#CC1CCCN1C(=O)c1ccc(C(F)(F)F)cn1. The fourth-order valence-electron chi connectivity index (χ4n) is 1.98. The number of rotatable bonds is 1. The standard InChI is InChI=1S/C12H10F3N3O/c13-12(14,15)8-3-4-10(17-7-8)11(19)18-5-1-2-9(18)6-16/h3-4,7,9H,1-2,5H2. The molecule has 100 valence electrons. The Hall–Kier alpha value is -2.10. The fraction of sp³-hybridized carbons (Fsp3) is 0.417. The second kappa shape index (κ2) is 4.88. The highest BCUT2D eigenvalue weighted by Crippen LogP contribution is 2.28. The maximum absolute atomic E-state index is 12.4. The first-order valence-electron chi connectivity index (χ1n) is 5.67. The van der Waals surface area contributed by atoms with Gasteiger partial charge >= 0.3 is 6.18 Å². The normalized spacial score (nSPS) is 19.3. The lowest BCUT2D eigenvalue weighted by Gasteiger charge is -2.18. The van der Waals surface area contributed by atoms with Crippen molar-refractivity contribution in [2.24, 2.45) is 0 Å². The van der Waals surface area contributed by atoms with E-state index in [2.05, 4.69) is 4.98 Å². The third kappa shape index (κ3) is 2.67. The van der Waals surface area contributed by atoms with Gasteiger partial charge in [-0.25, -0.2) is 0 Å². The molecule has 1 aromatic rings. The van der Waals surface area contributed by atoms with Crippen LogP contribution < -0.4 is 0 Å². The summed E-state index contributed by atoms with van der Waals surface area (Å²) in [5.74, 6) is -0.502. The maximum Gasteiger partial charge on any atom is 0.417 e. The molecule has 1 amide bonds. The molecule has 1 aliphatic heterocycles. The molecule has 19 heavy (non-hydrogen) atoms. The molecular formula is C12H10F3N3O. The number of aromatic nitrogens is 1. The summed E-state index contributed by atoms with van der Waals surface area (Å²) in [6, 6.07) is 3.34. The van der Waals surface area contributed by atoms with E-state index in [-0.39, 0.29) is 5.69 Å². The van der Waals surface area contributed by atoms with Crippen molar-refractivity contribution >= 4 is 5.91 Å². The molecular weight excluding hydrogens is 259 g/mol. The van der Waals surface area contributed by atoms with Crippen LogP contribution in [0.2, 0.25) is 0 Å². The summed E-state index contributed by atoms with van der Waals surface area (Å²) < 4.78 is 37.1. The lowest BCUT2D eigenvalue weighted by atomic mass is 10.2. The van der Waals surface area contributed by atoms with Gasteiger partial charge in [0, 0.05) is 12.7 Å². The molecule has 2 heterocycles. The first kappa shape index (κ1) is 13.3. The van der Waals surface area contributed by atoms with Gasteiger partial charge in [0.05, 0.1) is 11.6 Å². The molecule has 2 rings (SSSR count). The van der Waals surface area contributed by atoms with E-state index in [1.165, 1.54) is 4.90 Å². The number of nitriles is 1. The lowest BCUT2D eigenvalue weighted by molar-refractivity contribution is -0.137. The minimum absolute atomic E-state index is 0.0739. The van der Waals surface area contributed by atoms with Gasteiger partial charge in [-0.05, 0) is 25.0 Å². The zero-order chi connectivity index (χ0) is 14.0. The molecule has 7 heteroatoms. The quantitative estimate of drug-likeness (QED) is 0.785. The zero-order valence-electron chi connectivity index (χ0n) is 9.81. The van der Waals surface area contributed by atoms with Crippen molar-refractivity contribution in [3.63, 3.8) is 0 Å². The molecule has 0 spiro atoms. The summed E-state index contributed by atoms with van der Waals surface area (Å²) >= 11 is 0. The summed E-state index contributed by atoms with van der Waals surface area (Å²) in [7, 11) is 0. The van der Waals surface area contributed by atoms with Crippen molar-refractivity contribution in [1.29, 1.82) is 5.26 Å². The van der Waals surface area contributed by atoms with E-state index in [1.54, 1.807) is 0 Å². The van der Waals surface area contributed by atoms with Crippen LogP contribution in [0.1, 0.15) is 28.9 Å². The van der Waals surface area contributed by atoms with E-state index in [0.29, 0.717) is 25.6 Å². The van der Waals surface area contributed by atoms with Gasteiger partial charge < -0.3 is 4.90 Å². The van der Waals surface area contributed by atoms with Crippen molar-refractivity contribution in [2.45, 2.75) is 25.1 Å². The second-order valence-corrected chi connectivity index (χ2v) is 4.22. The van der Waals surface area contributed by atoms with Crippen LogP contribution in [0.5, 0.6) is 0 Å². The number of hydrogen-bond acceptors (Lipinski definition) is 3. The van der Waals surface area contributed by atoms with E-state index in [4.69, 9.17) is 5.26 Å². The van der Waals surface area contributed by atoms with Crippen LogP contribution in [0.25, 0.3) is 0 Å². The minimum Gasteiger partial charge on any atom is -0.321 e. The molecule has 1 atom stereocenters. The van der Waals surface area contributed by atoms with Crippen molar-refractivity contribution in [1.82, 2.24) is 9.88 Å². The molecule has 1 aromatic heterocycles. The Morgan fingerprint density at radius 2 is 2.21 bits per heavy atom. The fourth-order valence-corrected chi connectivity index (χ4v) is 1.98. The van der Waals surface area contributed by atoms with Crippen LogP contribution in [0.4, 0.5) is 13.2 Å². The van der Waals surface area contributed by atoms with Crippen LogP contribution in [-0.4, -0.2) is 28.4 Å². The average Bonchev–Trinajstić information content (AvgIpc) is 2.85. The predicted molar refractivity (Wildman–Crippen MR) is 58.9 cm³/mol. The van der Waals surface area contributed by atoms with Gasteiger partial charge in [0.2, 0.25) is 0 Å². The minimum atomic E-state index is -4.47. The Morgan fingerprint density at radius 3 is 2.74 bits per heavy atom. The van der Waals surface area contributed by atoms with Gasteiger partial charge in [-0.1, -0.05) is 0 Å². The van der Waals surface area contributed by atoms with Crippen LogP contribution >= 0.6 is 0 Å². The number of carbonyl (C=O) groups is 1. The van der Waals surface area contributed by atoms with Crippen LogP contribution in [0.15, 0.2) is 18.3 Å². The molecule has 1 aliphatic rings. The highest BCUT2D eigenvalue weighted by atomic mass is 19.4. The average molecular weight is 269 g/mol. The number of amides is 1. The van der Waals surface area contributed by atoms with Gasteiger partial charge in [-0.3, -0.25) is 9.78 Å². The predicted octanol–water partition coefficient (Wildman–Crippen LogP) is 2.23. The van der Waals surface area contributed by atoms with Crippen molar-refractivity contribution < 1.29 is 18.0 Å². The lowest BCUT2D eigenvalue weighted by Crippen LogP contribution is -2.35. The van der Waals surface area contributed by atoms with Gasteiger partial charge in [-0.15, -0.1) is 0 Å². The molecule has 0 N–H and O–H groups in total. The Bertz CT molecular complexity index is 519. The highest BCUT2D eigenvalue weighted by molar-refractivity contribution is 5.92. The number of nitrogens with zero attached hydrogens (tertiary/aromatic N) is 3. The van der Waals surface area contributed by atoms with E-state index < -0.39 is 23.7 Å². The smallest absolute Gasteiger partial charge is 0.321 e. The summed E-state index contributed by atoms with van der Waals surface area (Å²) in [4.78, 5) is 16.9. The molecule has 4 nitrogen and oxygen atoms in total. The number of halogens is 3. The van der Waals surface area contributed by atoms with Crippen LogP contribution in [0.3, 0.4) is 0 Å². The van der Waals surface area contributed by atoms with Gasteiger partial charge in [0.25, 0.3) is 5.91 Å². The molecule has 0 saturated carbocycles. The third-order valence-electron chi connectivity index (χ3n) is 2.97. The van der Waals surface area contributed by atoms with Crippen LogP contribution in [0, 0.1) is 11.3 Å². The zero-order valence-corrected chi connectivity index (χ0v) is 9.81. The molecule has 0 aromatic carbocycles. The molecule has 0 radical (unpaired) electrons. The first-order chi connectivity index (χ1) is 8.93. The van der Waals surface area contributed by atoms with Crippen molar-refractivity contribution in [3.8, 4) is 6.07 Å². The number of hydrogen-bond donors (Lipinski definition) is 0.